The molecule has 0 N–H and O–H groups in total. The minimum Gasteiger partial charge on any atom is -0.237 e. The van der Waals surface area contributed by atoms with Gasteiger partial charge >= 0.3 is 0 Å². The van der Waals surface area contributed by atoms with Crippen molar-refractivity contribution in [2.24, 2.45) is 0 Å². The van der Waals surface area contributed by atoms with Gasteiger partial charge in [-0.3, -0.25) is 0 Å². The average Bonchev–Trinajstić information content (AvgIpc) is 2.04. The molecule has 0 saturated carbocycles. The van der Waals surface area contributed by atoms with E-state index in [2.05, 4.69) is 19.2 Å². The number of benzene rings is 1. The maximum atomic E-state index is 4.23. The number of para-hydroxylation sites is 1. The van der Waals surface area contributed by atoms with Gasteiger partial charge in [0, 0.05) is 11.6 Å². The number of hydrogen-bond donors (Lipinski definition) is 0. The molecule has 1 atom stereocenters. The molecule has 0 aliphatic carbocycles. The van der Waals surface area contributed by atoms with Crippen molar-refractivity contribution in [3.8, 4) is 0 Å². The molecule has 1 unspecified atom stereocenters. The molecule has 0 bridgehead atoms. The van der Waals surface area contributed by atoms with Gasteiger partial charge in [-0.2, -0.15) is 0 Å². The summed E-state index contributed by atoms with van der Waals surface area (Å²) in [5.74, 6) is 0. The van der Waals surface area contributed by atoms with Crippen LogP contribution in [0.3, 0.4) is 0 Å². The topological polar surface area (TPSA) is 25.8 Å². The zero-order valence-electron chi connectivity index (χ0n) is 5.86. The summed E-state index contributed by atoms with van der Waals surface area (Å²) in [4.78, 5) is 8.29. The van der Waals surface area contributed by atoms with E-state index in [1.807, 2.05) is 30.5 Å². The Kier molecular flexibility index (Phi) is 1.55. The van der Waals surface area contributed by atoms with Crippen molar-refractivity contribution in [2.75, 3.05) is 0 Å². The molecule has 2 nitrogen and oxygen atoms in total. The largest absolute Gasteiger partial charge is 0.237 e. The molecule has 3 heteroatoms. The third-order valence-electron chi connectivity index (χ3n) is 1.51. The molecule has 0 saturated heterocycles. The van der Waals surface area contributed by atoms with Crippen LogP contribution in [-0.4, -0.2) is 9.97 Å². The van der Waals surface area contributed by atoms with Gasteiger partial charge in [-0.05, 0) is 6.07 Å². The Morgan fingerprint density at radius 1 is 1.18 bits per heavy atom. The van der Waals surface area contributed by atoms with Crippen molar-refractivity contribution < 1.29 is 0 Å². The highest BCUT2D eigenvalue weighted by atomic mass is 31.0. The van der Waals surface area contributed by atoms with E-state index in [-0.39, 0.29) is 0 Å². The van der Waals surface area contributed by atoms with Crippen LogP contribution in [0, 0.1) is 0 Å². The fourth-order valence-electron chi connectivity index (χ4n) is 0.986. The zero-order chi connectivity index (χ0) is 7.68. The molecule has 0 fully saturated rings. The Hall–Kier alpha value is -1.01. The van der Waals surface area contributed by atoms with Crippen molar-refractivity contribution in [2.45, 2.75) is 0 Å². The highest BCUT2D eigenvalue weighted by molar-refractivity contribution is 7.26. The molecule has 2 rings (SSSR count). The minimum atomic E-state index is 0.740. The van der Waals surface area contributed by atoms with Crippen LogP contribution in [0.1, 0.15) is 0 Å². The normalized spacial score (nSPS) is 10.3. The maximum absolute atomic E-state index is 4.23. The fourth-order valence-corrected chi connectivity index (χ4v) is 1.20. The van der Waals surface area contributed by atoms with Crippen molar-refractivity contribution in [1.82, 2.24) is 9.97 Å². The third kappa shape index (κ3) is 1.22. The fraction of sp³-hybridized carbons (Fsp3) is 0. The van der Waals surface area contributed by atoms with E-state index in [4.69, 9.17) is 0 Å². The van der Waals surface area contributed by atoms with Crippen LogP contribution in [0.15, 0.2) is 30.5 Å². The van der Waals surface area contributed by atoms with Gasteiger partial charge in [0.15, 0.2) is 0 Å². The summed E-state index contributed by atoms with van der Waals surface area (Å²) in [5.41, 5.74) is 1.73. The monoisotopic (exact) mass is 162 g/mol. The highest BCUT2D eigenvalue weighted by Crippen LogP contribution is 2.06. The van der Waals surface area contributed by atoms with Crippen LogP contribution >= 0.6 is 9.24 Å². The van der Waals surface area contributed by atoms with Crippen LogP contribution < -0.4 is 5.57 Å². The molecule has 0 radical (unpaired) electrons. The first-order chi connectivity index (χ1) is 5.36. The predicted octanol–water partition coefficient (Wildman–Crippen LogP) is 1.13. The van der Waals surface area contributed by atoms with Gasteiger partial charge in [-0.15, -0.1) is 0 Å². The molecule has 0 aliphatic rings. The Morgan fingerprint density at radius 3 is 2.91 bits per heavy atom. The molecule has 1 aromatic carbocycles. The molecular formula is C8H7N2P. The van der Waals surface area contributed by atoms with Gasteiger partial charge in [-0.1, -0.05) is 27.4 Å². The molecule has 2 aromatic rings. The zero-order valence-corrected chi connectivity index (χ0v) is 7.01. The van der Waals surface area contributed by atoms with Gasteiger partial charge in [0.2, 0.25) is 0 Å². The number of aromatic nitrogens is 2. The Balaban J connectivity index is 2.83. The van der Waals surface area contributed by atoms with Gasteiger partial charge in [0.05, 0.1) is 5.52 Å². The van der Waals surface area contributed by atoms with E-state index in [0.717, 1.165) is 16.5 Å². The smallest absolute Gasteiger partial charge is 0.145 e. The van der Waals surface area contributed by atoms with Crippen LogP contribution in [0.4, 0.5) is 0 Å². The number of fused-ring (bicyclic) bond motifs is 1. The number of rotatable bonds is 0. The number of nitrogens with zero attached hydrogens (tertiary/aromatic N) is 2. The molecule has 1 aromatic heterocycles. The van der Waals surface area contributed by atoms with Crippen molar-refractivity contribution in [3.05, 3.63) is 30.5 Å². The Bertz CT molecular complexity index is 387. The van der Waals surface area contributed by atoms with E-state index in [1.165, 1.54) is 0 Å². The summed E-state index contributed by atoms with van der Waals surface area (Å²) in [6, 6.07) is 7.93. The summed E-state index contributed by atoms with van der Waals surface area (Å²) in [7, 11) is 2.48. The van der Waals surface area contributed by atoms with Gasteiger partial charge in [0.1, 0.15) is 5.57 Å². The first-order valence-electron chi connectivity index (χ1n) is 3.33. The first-order valence-corrected chi connectivity index (χ1v) is 3.91. The van der Waals surface area contributed by atoms with Crippen LogP contribution in [0.2, 0.25) is 0 Å². The predicted molar refractivity (Wildman–Crippen MR) is 48.9 cm³/mol. The second-order valence-electron chi connectivity index (χ2n) is 2.29. The summed E-state index contributed by atoms with van der Waals surface area (Å²) < 4.78 is 0. The van der Waals surface area contributed by atoms with Gasteiger partial charge in [0.25, 0.3) is 0 Å². The quantitative estimate of drug-likeness (QED) is 0.542. The lowest BCUT2D eigenvalue weighted by molar-refractivity contribution is 1.30. The second-order valence-corrected chi connectivity index (χ2v) is 2.80. The van der Waals surface area contributed by atoms with Crippen LogP contribution in [0.5, 0.6) is 0 Å². The van der Waals surface area contributed by atoms with E-state index in [9.17, 15) is 0 Å². The average molecular weight is 162 g/mol. The molecule has 1 heterocycles. The van der Waals surface area contributed by atoms with Crippen molar-refractivity contribution in [1.29, 1.82) is 0 Å². The SMILES string of the molecule is Pc1ncc2ccccc2n1. The third-order valence-corrected chi connectivity index (χ3v) is 1.79. The Labute approximate surface area is 66.9 Å². The molecular weight excluding hydrogens is 155 g/mol. The highest BCUT2D eigenvalue weighted by Gasteiger charge is 1.92. The molecule has 0 amide bonds. The van der Waals surface area contributed by atoms with Crippen molar-refractivity contribution >= 4 is 25.7 Å². The van der Waals surface area contributed by atoms with E-state index >= 15 is 0 Å². The lowest BCUT2D eigenvalue weighted by Crippen LogP contribution is -2.01. The molecule has 0 aliphatic heterocycles. The summed E-state index contributed by atoms with van der Waals surface area (Å²) in [5, 5.41) is 1.08. The van der Waals surface area contributed by atoms with Crippen LogP contribution in [-0.2, 0) is 0 Å². The van der Waals surface area contributed by atoms with Gasteiger partial charge < -0.3 is 0 Å². The lowest BCUT2D eigenvalue weighted by atomic mass is 10.2. The minimum absolute atomic E-state index is 0.740. The van der Waals surface area contributed by atoms with Crippen LogP contribution in [0.25, 0.3) is 10.9 Å². The summed E-state index contributed by atoms with van der Waals surface area (Å²) >= 11 is 0. The molecule has 11 heavy (non-hydrogen) atoms. The number of hydrogen-bond acceptors (Lipinski definition) is 2. The van der Waals surface area contributed by atoms with Gasteiger partial charge in [-0.25, -0.2) is 9.97 Å². The standard InChI is InChI=1S/C8H7N2P/c11-8-9-5-6-3-1-2-4-7(6)10-8/h1-5H,11H2. The van der Waals surface area contributed by atoms with E-state index in [1.54, 1.807) is 0 Å². The lowest BCUT2D eigenvalue weighted by Gasteiger charge is -1.95. The van der Waals surface area contributed by atoms with E-state index in [0.29, 0.717) is 0 Å². The molecule has 54 valence electrons. The first kappa shape index (κ1) is 6.68. The second kappa shape index (κ2) is 2.55. The van der Waals surface area contributed by atoms with E-state index < -0.39 is 0 Å². The maximum Gasteiger partial charge on any atom is 0.145 e. The van der Waals surface area contributed by atoms with Crippen molar-refractivity contribution in [3.63, 3.8) is 0 Å². The summed E-state index contributed by atoms with van der Waals surface area (Å²) in [6.45, 7) is 0. The Morgan fingerprint density at radius 2 is 2.00 bits per heavy atom. The summed E-state index contributed by atoms with van der Waals surface area (Å²) in [6.07, 6.45) is 1.82. The molecule has 0 spiro atoms.